The first-order valence-electron chi connectivity index (χ1n) is 3.57. The minimum atomic E-state index is -2.54. The summed E-state index contributed by atoms with van der Waals surface area (Å²) >= 11 is 0. The van der Waals surface area contributed by atoms with Gasteiger partial charge >= 0.3 is 10.5 Å². The number of hydrogen-bond donors (Lipinski definition) is 0. The lowest BCUT2D eigenvalue weighted by Crippen LogP contribution is -1.87. The van der Waals surface area contributed by atoms with E-state index in [1.807, 2.05) is 0 Å². The van der Waals surface area contributed by atoms with Crippen molar-refractivity contribution in [1.82, 2.24) is 0 Å². The number of rotatable bonds is 2. The summed E-state index contributed by atoms with van der Waals surface area (Å²) in [4.78, 5) is 9.79. The monoisotopic (exact) mass is 214 g/mol. The smallest absolute Gasteiger partial charge is 0.258 e. The van der Waals surface area contributed by atoms with Crippen LogP contribution < -0.4 is 0 Å². The highest BCUT2D eigenvalue weighted by Gasteiger charge is 2.07. The van der Waals surface area contributed by atoms with Crippen molar-refractivity contribution in [3.63, 3.8) is 0 Å². The molecule has 1 aromatic carbocycles. The fourth-order valence-corrected chi connectivity index (χ4v) is 1.30. The van der Waals surface area contributed by atoms with Crippen molar-refractivity contribution in [2.45, 2.75) is 6.92 Å². The van der Waals surface area contributed by atoms with E-state index < -0.39 is 15.4 Å². The quantitative estimate of drug-likeness (QED) is 0.552. The van der Waals surface area contributed by atoms with Crippen LogP contribution in [0.15, 0.2) is 22.6 Å². The number of aryl methyl sites for hydroxylation is 1. The lowest BCUT2D eigenvalue weighted by atomic mass is 10.2. The number of nitro benzene ring substituents is 1. The molecule has 0 amide bonds. The Balaban J connectivity index is 3.27. The number of hydrogen-bond acceptors (Lipinski definition) is 5. The Kier molecular flexibility index (Phi) is 2.92. The molecule has 0 aliphatic heterocycles. The lowest BCUT2D eigenvalue weighted by Gasteiger charge is -1.96. The molecule has 0 saturated heterocycles. The molecule has 0 aliphatic carbocycles. The van der Waals surface area contributed by atoms with Gasteiger partial charge in [0.25, 0.3) is 5.69 Å². The van der Waals surface area contributed by atoms with Gasteiger partial charge in [0.05, 0.1) is 10.6 Å². The highest BCUT2D eigenvalue weighted by molar-refractivity contribution is 7.61. The minimum absolute atomic E-state index is 0.0851. The molecule has 0 fully saturated rings. The number of benzene rings is 1. The first-order chi connectivity index (χ1) is 6.50. The van der Waals surface area contributed by atoms with Crippen LogP contribution in [0.25, 0.3) is 0 Å². The summed E-state index contributed by atoms with van der Waals surface area (Å²) < 4.78 is 23.7. The minimum Gasteiger partial charge on any atom is -0.258 e. The van der Waals surface area contributed by atoms with Crippen LogP contribution in [-0.4, -0.2) is 13.3 Å². The van der Waals surface area contributed by atoms with Crippen molar-refractivity contribution in [2.24, 2.45) is 4.36 Å². The molecule has 0 atom stereocenters. The molecule has 0 N–H and O–H groups in total. The summed E-state index contributed by atoms with van der Waals surface area (Å²) in [5.74, 6) is 0. The average molecular weight is 214 g/mol. The Labute approximate surface area is 81.0 Å². The summed E-state index contributed by atoms with van der Waals surface area (Å²) in [6, 6.07) is 3.77. The zero-order valence-electron chi connectivity index (χ0n) is 7.17. The van der Waals surface area contributed by atoms with Crippen LogP contribution in [0.1, 0.15) is 5.56 Å². The summed E-state index contributed by atoms with van der Waals surface area (Å²) in [7, 11) is -2.54. The molecule has 14 heavy (non-hydrogen) atoms. The Morgan fingerprint density at radius 1 is 1.43 bits per heavy atom. The zero-order valence-corrected chi connectivity index (χ0v) is 7.98. The first-order valence-corrected chi connectivity index (χ1v) is 4.60. The van der Waals surface area contributed by atoms with E-state index in [0.29, 0.717) is 5.56 Å². The van der Waals surface area contributed by atoms with Gasteiger partial charge in [-0.3, -0.25) is 10.1 Å². The summed E-state index contributed by atoms with van der Waals surface area (Å²) in [6.07, 6.45) is 0. The third-order valence-corrected chi connectivity index (χ3v) is 1.91. The normalized spacial score (nSPS) is 9.50. The molecule has 7 heteroatoms. The highest BCUT2D eigenvalue weighted by Crippen LogP contribution is 2.23. The maximum atomic E-state index is 10.3. The Bertz CT molecular complexity index is 498. The van der Waals surface area contributed by atoms with Gasteiger partial charge in [-0.15, -0.1) is 4.36 Å². The van der Waals surface area contributed by atoms with Gasteiger partial charge in [-0.05, 0) is 18.6 Å². The third kappa shape index (κ3) is 2.36. The van der Waals surface area contributed by atoms with Crippen molar-refractivity contribution in [3.05, 3.63) is 33.9 Å². The highest BCUT2D eigenvalue weighted by atomic mass is 32.2. The standard InChI is InChI=1S/C7H6N2O4S/c1-5-4-6(9(10)11)2-3-7(5)8-14(12)13/h2-4H,1H3. The van der Waals surface area contributed by atoms with Crippen molar-refractivity contribution >= 4 is 21.9 Å². The summed E-state index contributed by atoms with van der Waals surface area (Å²) in [5.41, 5.74) is 0.575. The van der Waals surface area contributed by atoms with Crippen molar-refractivity contribution in [3.8, 4) is 0 Å². The predicted molar refractivity (Wildman–Crippen MR) is 48.8 cm³/mol. The lowest BCUT2D eigenvalue weighted by molar-refractivity contribution is -0.384. The molecule has 74 valence electrons. The molecule has 0 unspecified atom stereocenters. The molecule has 0 spiro atoms. The molecule has 0 saturated carbocycles. The van der Waals surface area contributed by atoms with Gasteiger partial charge in [0.1, 0.15) is 0 Å². The molecule has 1 rings (SSSR count). The van der Waals surface area contributed by atoms with Crippen LogP contribution in [0.3, 0.4) is 0 Å². The van der Waals surface area contributed by atoms with Gasteiger partial charge in [0, 0.05) is 12.1 Å². The maximum Gasteiger partial charge on any atom is 0.316 e. The van der Waals surface area contributed by atoms with Crippen LogP contribution in [0.2, 0.25) is 0 Å². The molecular formula is C7H6N2O4S. The van der Waals surface area contributed by atoms with Gasteiger partial charge < -0.3 is 0 Å². The summed E-state index contributed by atoms with van der Waals surface area (Å²) in [5, 5.41) is 10.3. The van der Waals surface area contributed by atoms with Gasteiger partial charge in [-0.2, -0.15) is 8.42 Å². The number of nitro groups is 1. The van der Waals surface area contributed by atoms with Crippen LogP contribution in [0, 0.1) is 17.0 Å². The molecule has 0 bridgehead atoms. The Hall–Kier alpha value is -1.76. The molecule has 0 radical (unpaired) electrons. The van der Waals surface area contributed by atoms with Crippen molar-refractivity contribution in [2.75, 3.05) is 0 Å². The van der Waals surface area contributed by atoms with E-state index in [-0.39, 0.29) is 11.4 Å². The molecule has 0 heterocycles. The molecule has 0 aliphatic rings. The van der Waals surface area contributed by atoms with Gasteiger partial charge in [-0.25, -0.2) is 0 Å². The van der Waals surface area contributed by atoms with Crippen LogP contribution in [-0.2, 0) is 10.5 Å². The summed E-state index contributed by atoms with van der Waals surface area (Å²) in [6.45, 7) is 1.55. The topological polar surface area (TPSA) is 89.6 Å². The van der Waals surface area contributed by atoms with Crippen molar-refractivity contribution in [1.29, 1.82) is 0 Å². The molecular weight excluding hydrogens is 208 g/mol. The SMILES string of the molecule is Cc1cc([N+](=O)[O-])ccc1N=S(=O)=O. The third-order valence-electron chi connectivity index (χ3n) is 1.56. The molecule has 6 nitrogen and oxygen atoms in total. The Morgan fingerprint density at radius 2 is 2.07 bits per heavy atom. The maximum absolute atomic E-state index is 10.3. The fourth-order valence-electron chi connectivity index (χ4n) is 0.936. The van der Waals surface area contributed by atoms with E-state index in [0.717, 1.165) is 0 Å². The van der Waals surface area contributed by atoms with E-state index in [1.54, 1.807) is 6.92 Å². The van der Waals surface area contributed by atoms with Crippen LogP contribution >= 0.6 is 0 Å². The van der Waals surface area contributed by atoms with E-state index >= 15 is 0 Å². The van der Waals surface area contributed by atoms with Gasteiger partial charge in [-0.1, -0.05) is 0 Å². The number of nitrogens with zero attached hydrogens (tertiary/aromatic N) is 2. The van der Waals surface area contributed by atoms with E-state index in [9.17, 15) is 18.5 Å². The van der Waals surface area contributed by atoms with Crippen LogP contribution in [0.4, 0.5) is 11.4 Å². The van der Waals surface area contributed by atoms with Crippen LogP contribution in [0.5, 0.6) is 0 Å². The van der Waals surface area contributed by atoms with E-state index in [2.05, 4.69) is 4.36 Å². The largest absolute Gasteiger partial charge is 0.316 e. The molecule has 0 aromatic heterocycles. The van der Waals surface area contributed by atoms with E-state index in [1.165, 1.54) is 18.2 Å². The van der Waals surface area contributed by atoms with Crippen molar-refractivity contribution < 1.29 is 13.3 Å². The second-order valence-electron chi connectivity index (χ2n) is 2.54. The van der Waals surface area contributed by atoms with Gasteiger partial charge in [0.15, 0.2) is 0 Å². The first kappa shape index (κ1) is 10.3. The fraction of sp³-hybridized carbons (Fsp3) is 0.143. The average Bonchev–Trinajstić information content (AvgIpc) is 2.07. The number of non-ortho nitro benzene ring substituents is 1. The zero-order chi connectivity index (χ0) is 10.7. The van der Waals surface area contributed by atoms with E-state index in [4.69, 9.17) is 0 Å². The van der Waals surface area contributed by atoms with Gasteiger partial charge in [0.2, 0.25) is 0 Å². The Morgan fingerprint density at radius 3 is 2.50 bits per heavy atom. The second kappa shape index (κ2) is 3.97. The second-order valence-corrected chi connectivity index (χ2v) is 3.15. The molecule has 1 aromatic rings. The predicted octanol–water partition coefficient (Wildman–Crippen LogP) is 1.60.